The van der Waals surface area contributed by atoms with E-state index in [4.69, 9.17) is 16.3 Å². The van der Waals surface area contributed by atoms with Crippen molar-refractivity contribution in [3.8, 4) is 5.75 Å². The van der Waals surface area contributed by atoms with E-state index in [9.17, 15) is 4.79 Å². The van der Waals surface area contributed by atoms with Crippen molar-refractivity contribution in [2.75, 3.05) is 0 Å². The highest BCUT2D eigenvalue weighted by molar-refractivity contribution is 6.34. The number of benzene rings is 1. The first kappa shape index (κ1) is 13.3. The van der Waals surface area contributed by atoms with Crippen LogP contribution in [-0.2, 0) is 6.61 Å². The second-order valence-corrected chi connectivity index (χ2v) is 4.24. The Morgan fingerprint density at radius 1 is 1.32 bits per heavy atom. The number of ketones is 1. The van der Waals surface area contributed by atoms with Crippen LogP contribution in [0.4, 0.5) is 0 Å². The van der Waals surface area contributed by atoms with E-state index in [0.29, 0.717) is 17.9 Å². The zero-order chi connectivity index (χ0) is 13.7. The maximum Gasteiger partial charge on any atom is 0.190 e. The summed E-state index contributed by atoms with van der Waals surface area (Å²) in [5, 5.41) is 0.260. The monoisotopic (exact) mass is 273 g/mol. The standard InChI is InChI=1S/C15H12ClNO2/c1-2-13(18)15-12(16)8-17-9-14(15)19-10-11-6-4-3-5-7-11/h2-9H,1,10H2. The van der Waals surface area contributed by atoms with Crippen LogP contribution in [-0.4, -0.2) is 10.8 Å². The van der Waals surface area contributed by atoms with Crippen LogP contribution in [0.25, 0.3) is 0 Å². The van der Waals surface area contributed by atoms with Gasteiger partial charge in [0.25, 0.3) is 0 Å². The minimum Gasteiger partial charge on any atom is -0.486 e. The maximum atomic E-state index is 11.8. The summed E-state index contributed by atoms with van der Waals surface area (Å²) < 4.78 is 5.61. The quantitative estimate of drug-likeness (QED) is 0.616. The lowest BCUT2D eigenvalue weighted by atomic mass is 10.1. The van der Waals surface area contributed by atoms with E-state index in [1.54, 1.807) is 0 Å². The zero-order valence-corrected chi connectivity index (χ0v) is 10.9. The van der Waals surface area contributed by atoms with Gasteiger partial charge in [0.05, 0.1) is 16.8 Å². The van der Waals surface area contributed by atoms with Crippen molar-refractivity contribution in [3.63, 3.8) is 0 Å². The molecule has 0 bridgehead atoms. The summed E-state index contributed by atoms with van der Waals surface area (Å²) in [6.45, 7) is 3.80. The van der Waals surface area contributed by atoms with Crippen LogP contribution in [0.3, 0.4) is 0 Å². The molecule has 0 atom stereocenters. The molecule has 0 aliphatic rings. The molecule has 4 heteroatoms. The zero-order valence-electron chi connectivity index (χ0n) is 10.2. The Kier molecular flexibility index (Phi) is 4.31. The molecule has 3 nitrogen and oxygen atoms in total. The highest BCUT2D eigenvalue weighted by Crippen LogP contribution is 2.26. The molecule has 96 valence electrons. The predicted octanol–water partition coefficient (Wildman–Crippen LogP) is 3.68. The number of hydrogen-bond donors (Lipinski definition) is 0. The number of allylic oxidation sites excluding steroid dienone is 1. The third kappa shape index (κ3) is 3.20. The van der Waals surface area contributed by atoms with Crippen LogP contribution in [0.15, 0.2) is 55.4 Å². The lowest BCUT2D eigenvalue weighted by molar-refractivity contribution is 0.104. The molecular formula is C15H12ClNO2. The number of hydrogen-bond acceptors (Lipinski definition) is 3. The summed E-state index contributed by atoms with van der Waals surface area (Å²) in [5.41, 5.74) is 1.29. The molecule has 0 radical (unpaired) electrons. The highest BCUT2D eigenvalue weighted by Gasteiger charge is 2.14. The molecule has 1 aromatic heterocycles. The largest absolute Gasteiger partial charge is 0.486 e. The van der Waals surface area contributed by atoms with Crippen LogP contribution in [0.2, 0.25) is 5.02 Å². The van der Waals surface area contributed by atoms with Crippen molar-refractivity contribution in [1.29, 1.82) is 0 Å². The van der Waals surface area contributed by atoms with E-state index in [-0.39, 0.29) is 10.8 Å². The highest BCUT2D eigenvalue weighted by atomic mass is 35.5. The summed E-state index contributed by atoms with van der Waals surface area (Å²) in [6, 6.07) is 9.65. The third-order valence-corrected chi connectivity index (χ3v) is 2.82. The molecule has 0 N–H and O–H groups in total. The molecule has 0 fully saturated rings. The van der Waals surface area contributed by atoms with Gasteiger partial charge in [0.2, 0.25) is 0 Å². The van der Waals surface area contributed by atoms with Crippen LogP contribution >= 0.6 is 11.6 Å². The Balaban J connectivity index is 2.23. The van der Waals surface area contributed by atoms with Crippen LogP contribution < -0.4 is 4.74 Å². The van der Waals surface area contributed by atoms with Crippen molar-refractivity contribution >= 4 is 17.4 Å². The van der Waals surface area contributed by atoms with Gasteiger partial charge in [0, 0.05) is 6.20 Å². The van der Waals surface area contributed by atoms with E-state index in [0.717, 1.165) is 5.56 Å². The molecule has 1 heterocycles. The summed E-state index contributed by atoms with van der Waals surface area (Å²) in [4.78, 5) is 15.7. The predicted molar refractivity (Wildman–Crippen MR) is 74.5 cm³/mol. The Hall–Kier alpha value is -2.13. The first-order chi connectivity index (χ1) is 9.22. The number of carbonyl (C=O) groups is 1. The Morgan fingerprint density at radius 2 is 2.05 bits per heavy atom. The van der Waals surface area contributed by atoms with Gasteiger partial charge in [-0.2, -0.15) is 0 Å². The lowest BCUT2D eigenvalue weighted by Gasteiger charge is -2.10. The Bertz CT molecular complexity index is 596. The second kappa shape index (κ2) is 6.16. The number of halogens is 1. The average molecular weight is 274 g/mol. The van der Waals surface area contributed by atoms with Crippen LogP contribution in [0, 0.1) is 0 Å². The molecular weight excluding hydrogens is 262 g/mol. The Labute approximate surface area is 116 Å². The summed E-state index contributed by atoms with van der Waals surface area (Å²) in [5.74, 6) is 0.0803. The van der Waals surface area contributed by atoms with Gasteiger partial charge in [-0.3, -0.25) is 9.78 Å². The number of ether oxygens (including phenoxy) is 1. The molecule has 0 saturated heterocycles. The van der Waals surface area contributed by atoms with Crippen LogP contribution in [0.1, 0.15) is 15.9 Å². The first-order valence-corrected chi connectivity index (χ1v) is 6.07. The van der Waals surface area contributed by atoms with Crippen LogP contribution in [0.5, 0.6) is 5.75 Å². The smallest absolute Gasteiger partial charge is 0.190 e. The topological polar surface area (TPSA) is 39.2 Å². The fourth-order valence-corrected chi connectivity index (χ4v) is 1.85. The Morgan fingerprint density at radius 3 is 2.74 bits per heavy atom. The van der Waals surface area contributed by atoms with Gasteiger partial charge in [-0.15, -0.1) is 0 Å². The number of carbonyl (C=O) groups excluding carboxylic acids is 1. The van der Waals surface area contributed by atoms with Crippen molar-refractivity contribution in [2.45, 2.75) is 6.61 Å². The minimum absolute atomic E-state index is 0.260. The lowest BCUT2D eigenvalue weighted by Crippen LogP contribution is -2.03. The van der Waals surface area contributed by atoms with E-state index in [1.807, 2.05) is 30.3 Å². The van der Waals surface area contributed by atoms with E-state index >= 15 is 0 Å². The van der Waals surface area contributed by atoms with E-state index < -0.39 is 0 Å². The number of pyridine rings is 1. The molecule has 1 aromatic carbocycles. The van der Waals surface area contributed by atoms with Gasteiger partial charge in [-0.1, -0.05) is 48.5 Å². The van der Waals surface area contributed by atoms with E-state index in [1.165, 1.54) is 18.5 Å². The van der Waals surface area contributed by atoms with Gasteiger partial charge in [0.15, 0.2) is 11.5 Å². The third-order valence-electron chi connectivity index (χ3n) is 2.53. The number of aromatic nitrogens is 1. The molecule has 0 saturated carbocycles. The van der Waals surface area contributed by atoms with Gasteiger partial charge in [0.1, 0.15) is 6.61 Å². The maximum absolute atomic E-state index is 11.8. The first-order valence-electron chi connectivity index (χ1n) is 5.69. The summed E-state index contributed by atoms with van der Waals surface area (Å²) in [7, 11) is 0. The van der Waals surface area contributed by atoms with Gasteiger partial charge in [-0.05, 0) is 11.6 Å². The van der Waals surface area contributed by atoms with Gasteiger partial charge < -0.3 is 4.74 Å². The van der Waals surface area contributed by atoms with Crippen molar-refractivity contribution in [2.24, 2.45) is 0 Å². The second-order valence-electron chi connectivity index (χ2n) is 3.84. The summed E-state index contributed by atoms with van der Waals surface area (Å²) >= 11 is 5.97. The normalized spacial score (nSPS) is 9.95. The van der Waals surface area contributed by atoms with E-state index in [2.05, 4.69) is 11.6 Å². The van der Waals surface area contributed by atoms with Gasteiger partial charge in [-0.25, -0.2) is 0 Å². The molecule has 0 spiro atoms. The molecule has 2 rings (SSSR count). The molecule has 0 aliphatic heterocycles. The fourth-order valence-electron chi connectivity index (χ4n) is 1.60. The summed E-state index contributed by atoms with van der Waals surface area (Å²) in [6.07, 6.45) is 4.09. The van der Waals surface area contributed by atoms with Gasteiger partial charge >= 0.3 is 0 Å². The molecule has 19 heavy (non-hydrogen) atoms. The average Bonchev–Trinajstić information content (AvgIpc) is 2.45. The minimum atomic E-state index is -0.282. The number of nitrogens with zero attached hydrogens (tertiary/aromatic N) is 1. The molecule has 0 amide bonds. The SMILES string of the molecule is C=CC(=O)c1c(Cl)cncc1OCc1ccccc1. The fraction of sp³-hybridized carbons (Fsp3) is 0.0667. The van der Waals surface area contributed by atoms with Crippen molar-refractivity contribution in [3.05, 3.63) is 71.5 Å². The van der Waals surface area contributed by atoms with Crippen molar-refractivity contribution in [1.82, 2.24) is 4.98 Å². The van der Waals surface area contributed by atoms with Crippen molar-refractivity contribution < 1.29 is 9.53 Å². The number of rotatable bonds is 5. The molecule has 0 aliphatic carbocycles. The molecule has 2 aromatic rings. The molecule has 0 unspecified atom stereocenters.